The summed E-state index contributed by atoms with van der Waals surface area (Å²) >= 11 is 3.83. The van der Waals surface area contributed by atoms with E-state index in [0.717, 1.165) is 0 Å². The molecule has 0 saturated carbocycles. The largest absolute Gasteiger partial charge is 0.477 e. The van der Waals surface area contributed by atoms with Crippen LogP contribution in [0.4, 0.5) is 5.13 Å². The minimum absolute atomic E-state index is 0.0725. The van der Waals surface area contributed by atoms with Gasteiger partial charge < -0.3 is 21.5 Å². The molecule has 0 radical (unpaired) electrons. The van der Waals surface area contributed by atoms with Gasteiger partial charge in [-0.1, -0.05) is 42.1 Å². The number of nitrogens with zero attached hydrogens (tertiary/aromatic N) is 6. The first kappa shape index (κ1) is 27.6. The number of nitrogens with two attached hydrogens (primary N) is 1. The second-order valence-corrected chi connectivity index (χ2v) is 11.7. The van der Waals surface area contributed by atoms with E-state index in [9.17, 15) is 24.3 Å². The number of β-lactam (4-membered cyclic amide) rings is 1. The SMILES string of the molecule is Cn1nnnc1SCC1=C(C(=O)O)N2C(=O)C(NC(=O)C(NC(=O)Cc3csc(N)n3)c3ccccc3)[C@H]2SC1. The van der Waals surface area contributed by atoms with Crippen LogP contribution in [-0.2, 0) is 32.6 Å². The predicted octanol–water partition coefficient (Wildman–Crippen LogP) is 0.180. The number of aliphatic carboxylic acids is 1. The molecular formula is C23H23N9O5S3. The smallest absolute Gasteiger partial charge is 0.352 e. The second kappa shape index (κ2) is 11.6. The number of benzene rings is 1. The molecule has 2 unspecified atom stereocenters. The average molecular weight is 602 g/mol. The van der Waals surface area contributed by atoms with Gasteiger partial charge in [0.05, 0.1) is 12.1 Å². The molecule has 0 spiro atoms. The first-order chi connectivity index (χ1) is 19.2. The molecule has 17 heteroatoms. The number of thiazole rings is 1. The Morgan fingerprint density at radius 1 is 1.27 bits per heavy atom. The lowest BCUT2D eigenvalue weighted by atomic mass is 10.0. The highest BCUT2D eigenvalue weighted by molar-refractivity contribution is 8.01. The fourth-order valence-corrected chi connectivity index (χ4v) is 7.15. The number of thioether (sulfide) groups is 2. The van der Waals surface area contributed by atoms with Gasteiger partial charge in [-0.05, 0) is 21.6 Å². The number of tetrazole rings is 1. The molecule has 5 rings (SSSR count). The van der Waals surface area contributed by atoms with Gasteiger partial charge in [0.15, 0.2) is 5.13 Å². The van der Waals surface area contributed by atoms with Crippen molar-refractivity contribution in [3.8, 4) is 0 Å². The number of rotatable bonds is 10. The van der Waals surface area contributed by atoms with Gasteiger partial charge in [0.1, 0.15) is 23.2 Å². The summed E-state index contributed by atoms with van der Waals surface area (Å²) in [5.74, 6) is -2.18. The molecule has 2 aliphatic heterocycles. The summed E-state index contributed by atoms with van der Waals surface area (Å²) in [6, 6.07) is 6.59. The number of carbonyl (C=O) groups is 4. The van der Waals surface area contributed by atoms with Crippen molar-refractivity contribution in [3.05, 3.63) is 58.2 Å². The number of aryl methyl sites for hydroxylation is 1. The summed E-state index contributed by atoms with van der Waals surface area (Å²) in [7, 11) is 1.67. The maximum atomic E-state index is 13.4. The van der Waals surface area contributed by atoms with E-state index in [1.54, 1.807) is 42.8 Å². The minimum atomic E-state index is -1.23. The maximum absolute atomic E-state index is 13.4. The van der Waals surface area contributed by atoms with Gasteiger partial charge in [-0.2, -0.15) is 0 Å². The lowest BCUT2D eigenvalue weighted by molar-refractivity contribution is -0.151. The number of carboxylic acid groups (broad SMARTS) is 1. The van der Waals surface area contributed by atoms with Gasteiger partial charge in [0.2, 0.25) is 17.0 Å². The topological polar surface area (TPSA) is 198 Å². The second-order valence-electron chi connectivity index (χ2n) is 8.79. The first-order valence-corrected chi connectivity index (χ1v) is 14.7. The Morgan fingerprint density at radius 2 is 2.05 bits per heavy atom. The molecule has 1 fully saturated rings. The van der Waals surface area contributed by atoms with Crippen LogP contribution in [0.3, 0.4) is 0 Å². The number of hydrogen-bond acceptors (Lipinski definition) is 12. The van der Waals surface area contributed by atoms with Gasteiger partial charge in [-0.15, -0.1) is 28.2 Å². The van der Waals surface area contributed by atoms with Crippen LogP contribution in [0, 0.1) is 0 Å². The van der Waals surface area contributed by atoms with Crippen molar-refractivity contribution in [2.75, 3.05) is 17.2 Å². The van der Waals surface area contributed by atoms with E-state index in [1.165, 1.54) is 44.4 Å². The summed E-state index contributed by atoms with van der Waals surface area (Å²) in [6.07, 6.45) is -0.0725. The van der Waals surface area contributed by atoms with Crippen molar-refractivity contribution in [2.45, 2.75) is 29.0 Å². The molecule has 40 heavy (non-hydrogen) atoms. The van der Waals surface area contributed by atoms with Crippen molar-refractivity contribution < 1.29 is 24.3 Å². The molecule has 4 heterocycles. The average Bonchev–Trinajstić information content (AvgIpc) is 3.55. The molecule has 0 bridgehead atoms. The Hall–Kier alpha value is -3.96. The summed E-state index contributed by atoms with van der Waals surface area (Å²) in [4.78, 5) is 56.8. The number of aromatic nitrogens is 5. The fraction of sp³-hybridized carbons (Fsp3) is 0.304. The molecule has 1 saturated heterocycles. The van der Waals surface area contributed by atoms with Crippen molar-refractivity contribution in [3.63, 3.8) is 0 Å². The minimum Gasteiger partial charge on any atom is -0.477 e. The Labute approximate surface area is 239 Å². The van der Waals surface area contributed by atoms with E-state index in [-0.39, 0.29) is 17.9 Å². The van der Waals surface area contributed by atoms with Crippen LogP contribution in [0.15, 0.2) is 52.1 Å². The van der Waals surface area contributed by atoms with Crippen LogP contribution in [0.1, 0.15) is 17.3 Å². The van der Waals surface area contributed by atoms with Gasteiger partial charge in [0.25, 0.3) is 5.91 Å². The van der Waals surface area contributed by atoms with Crippen molar-refractivity contribution >= 4 is 63.7 Å². The Morgan fingerprint density at radius 3 is 2.70 bits per heavy atom. The molecule has 14 nitrogen and oxygen atoms in total. The number of fused-ring (bicyclic) bond motifs is 1. The zero-order valence-corrected chi connectivity index (χ0v) is 23.3. The third-order valence-corrected chi connectivity index (χ3v) is 9.28. The number of hydrogen-bond donors (Lipinski definition) is 4. The monoisotopic (exact) mass is 601 g/mol. The molecule has 0 aliphatic carbocycles. The predicted molar refractivity (Wildman–Crippen MR) is 147 cm³/mol. The molecule has 3 atom stereocenters. The molecule has 3 aromatic rings. The molecule has 3 amide bonds. The van der Waals surface area contributed by atoms with Crippen molar-refractivity contribution in [1.82, 2.24) is 40.7 Å². The summed E-state index contributed by atoms with van der Waals surface area (Å²) in [5.41, 5.74) is 7.10. The lowest BCUT2D eigenvalue weighted by Gasteiger charge is -2.49. The Bertz CT molecular complexity index is 1490. The lowest BCUT2D eigenvalue weighted by Crippen LogP contribution is -2.71. The van der Waals surface area contributed by atoms with Crippen LogP contribution < -0.4 is 16.4 Å². The molecule has 1 aromatic carbocycles. The number of carbonyl (C=O) groups excluding carboxylic acids is 3. The zero-order valence-electron chi connectivity index (χ0n) is 20.9. The number of amides is 3. The summed E-state index contributed by atoms with van der Waals surface area (Å²) in [6.45, 7) is 0. The van der Waals surface area contributed by atoms with E-state index in [1.807, 2.05) is 0 Å². The van der Waals surface area contributed by atoms with Crippen LogP contribution in [0.25, 0.3) is 0 Å². The molecule has 2 aromatic heterocycles. The molecule has 208 valence electrons. The van der Waals surface area contributed by atoms with Crippen molar-refractivity contribution in [1.29, 1.82) is 0 Å². The van der Waals surface area contributed by atoms with Crippen LogP contribution in [0.5, 0.6) is 0 Å². The van der Waals surface area contributed by atoms with Crippen LogP contribution in [0.2, 0.25) is 0 Å². The third kappa shape index (κ3) is 5.66. The van der Waals surface area contributed by atoms with Crippen molar-refractivity contribution in [2.24, 2.45) is 7.05 Å². The number of nitrogen functional groups attached to an aromatic ring is 1. The van der Waals surface area contributed by atoms with E-state index in [0.29, 0.717) is 32.9 Å². The van der Waals surface area contributed by atoms with Gasteiger partial charge in [0, 0.05) is 23.9 Å². The van der Waals surface area contributed by atoms with Crippen LogP contribution in [-0.4, -0.2) is 81.8 Å². The van der Waals surface area contributed by atoms with E-state index in [4.69, 9.17) is 5.73 Å². The molecule has 5 N–H and O–H groups in total. The Kier molecular flexibility index (Phi) is 8.04. The van der Waals surface area contributed by atoms with Gasteiger partial charge >= 0.3 is 5.97 Å². The highest BCUT2D eigenvalue weighted by Gasteiger charge is 2.54. The number of anilines is 1. The highest BCUT2D eigenvalue weighted by Crippen LogP contribution is 2.41. The molecule has 2 aliphatic rings. The highest BCUT2D eigenvalue weighted by atomic mass is 32.2. The summed E-state index contributed by atoms with van der Waals surface area (Å²) in [5, 5.41) is 28.5. The fourth-order valence-electron chi connectivity index (χ4n) is 4.25. The normalized spacial score (nSPS) is 19.0. The van der Waals surface area contributed by atoms with Crippen LogP contribution >= 0.6 is 34.9 Å². The third-order valence-electron chi connectivity index (χ3n) is 6.12. The number of carboxylic acids is 1. The van der Waals surface area contributed by atoms with E-state index < -0.39 is 41.1 Å². The van der Waals surface area contributed by atoms with Gasteiger partial charge in [-0.25, -0.2) is 14.5 Å². The van der Waals surface area contributed by atoms with E-state index in [2.05, 4.69) is 31.1 Å². The number of nitrogens with one attached hydrogen (secondary N) is 2. The first-order valence-electron chi connectivity index (χ1n) is 11.8. The van der Waals surface area contributed by atoms with Gasteiger partial charge in [-0.3, -0.25) is 19.3 Å². The molecular weight excluding hydrogens is 579 g/mol. The summed E-state index contributed by atoms with van der Waals surface area (Å²) < 4.78 is 1.47. The maximum Gasteiger partial charge on any atom is 0.352 e. The Balaban J connectivity index is 1.29. The van der Waals surface area contributed by atoms with E-state index >= 15 is 0 Å². The quantitative estimate of drug-likeness (QED) is 0.182. The standard InChI is InChI=1S/C23H23N9O5S3/c1-31-23(28-29-30-31)40-9-12-8-38-20-16(19(35)32(20)17(12)21(36)37)27-18(34)15(11-5-3-2-4-6-11)26-14(33)7-13-10-39-22(24)25-13/h2-6,10,15-16,20H,7-9H2,1H3,(H2,24,25)(H,26,33)(H,27,34)(H,36,37)/t15?,16?,20-/m1/s1. The zero-order chi connectivity index (χ0) is 28.4.